The number of rotatable bonds is 4. The van der Waals surface area contributed by atoms with Crippen LogP contribution in [0.1, 0.15) is 53.6 Å². The number of nitrogens with zero attached hydrogens (tertiary/aromatic N) is 1. The number of hydrogen-bond acceptors (Lipinski definition) is 2. The number of amides is 1. The SMILES string of the molecule is CCC(=O)N(Cc1cc2cc(C)cc(C)c2[nH]c1=O)C1CCc2ccccc21. The largest absolute Gasteiger partial charge is 0.331 e. The number of nitrogens with one attached hydrogen (secondary N) is 1. The third-order valence-corrected chi connectivity index (χ3v) is 5.81. The maximum absolute atomic E-state index is 12.8. The van der Waals surface area contributed by atoms with Gasteiger partial charge in [-0.1, -0.05) is 42.8 Å². The molecule has 144 valence electrons. The van der Waals surface area contributed by atoms with Gasteiger partial charge < -0.3 is 9.88 Å². The second-order valence-corrected chi connectivity index (χ2v) is 7.80. The number of H-pyrrole nitrogens is 1. The molecule has 0 saturated heterocycles. The van der Waals surface area contributed by atoms with Crippen LogP contribution >= 0.6 is 0 Å². The number of hydrogen-bond donors (Lipinski definition) is 1. The van der Waals surface area contributed by atoms with Gasteiger partial charge in [0.05, 0.1) is 18.1 Å². The monoisotopic (exact) mass is 374 g/mol. The van der Waals surface area contributed by atoms with Gasteiger partial charge in [0.25, 0.3) is 5.56 Å². The standard InChI is InChI=1S/C24H26N2O2/c1-4-22(27)26(21-10-9-17-7-5-6-8-20(17)21)14-19-13-18-12-15(2)11-16(3)23(18)25-24(19)28/h5-8,11-13,21H,4,9-10,14H2,1-3H3,(H,25,28). The third kappa shape index (κ3) is 3.24. The average molecular weight is 374 g/mol. The smallest absolute Gasteiger partial charge is 0.253 e. The Morgan fingerprint density at radius 1 is 1.18 bits per heavy atom. The van der Waals surface area contributed by atoms with Crippen molar-refractivity contribution in [1.82, 2.24) is 9.88 Å². The van der Waals surface area contributed by atoms with Crippen molar-refractivity contribution in [2.75, 3.05) is 0 Å². The van der Waals surface area contributed by atoms with E-state index in [-0.39, 0.29) is 17.5 Å². The van der Waals surface area contributed by atoms with Crippen molar-refractivity contribution in [3.8, 4) is 0 Å². The molecule has 1 heterocycles. The highest BCUT2D eigenvalue weighted by molar-refractivity contribution is 5.83. The normalized spacial score (nSPS) is 15.6. The minimum atomic E-state index is -0.111. The maximum atomic E-state index is 12.8. The summed E-state index contributed by atoms with van der Waals surface area (Å²) in [6.07, 6.45) is 2.32. The van der Waals surface area contributed by atoms with Crippen LogP contribution in [0.3, 0.4) is 0 Å². The van der Waals surface area contributed by atoms with Crippen LogP contribution in [0, 0.1) is 13.8 Å². The molecule has 4 heteroatoms. The number of carbonyl (C=O) groups excluding carboxylic acids is 1. The lowest BCUT2D eigenvalue weighted by molar-refractivity contribution is -0.134. The molecule has 1 N–H and O–H groups in total. The molecule has 28 heavy (non-hydrogen) atoms. The zero-order chi connectivity index (χ0) is 19.8. The van der Waals surface area contributed by atoms with Gasteiger partial charge in [0, 0.05) is 12.0 Å². The molecule has 0 fully saturated rings. The number of aryl methyl sites for hydroxylation is 3. The van der Waals surface area contributed by atoms with Gasteiger partial charge in [-0.05, 0) is 60.9 Å². The first-order chi connectivity index (χ1) is 13.5. The fourth-order valence-corrected chi connectivity index (χ4v) is 4.47. The van der Waals surface area contributed by atoms with Crippen LogP contribution in [0.2, 0.25) is 0 Å². The quantitative estimate of drug-likeness (QED) is 0.727. The highest BCUT2D eigenvalue weighted by Crippen LogP contribution is 2.36. The molecule has 1 aromatic heterocycles. The molecular weight excluding hydrogens is 348 g/mol. The summed E-state index contributed by atoms with van der Waals surface area (Å²) in [5.74, 6) is 0.0848. The van der Waals surface area contributed by atoms with Crippen LogP contribution in [0.25, 0.3) is 10.9 Å². The lowest BCUT2D eigenvalue weighted by Crippen LogP contribution is -2.35. The van der Waals surface area contributed by atoms with Crippen molar-refractivity contribution in [2.24, 2.45) is 0 Å². The van der Waals surface area contributed by atoms with Crippen molar-refractivity contribution in [3.63, 3.8) is 0 Å². The Hall–Kier alpha value is -2.88. The number of pyridine rings is 1. The van der Waals surface area contributed by atoms with Gasteiger partial charge in [-0.25, -0.2) is 0 Å². The Labute approximate surface area is 165 Å². The predicted molar refractivity (Wildman–Crippen MR) is 112 cm³/mol. The molecule has 0 spiro atoms. The van der Waals surface area contributed by atoms with Gasteiger partial charge in [-0.15, -0.1) is 0 Å². The molecule has 1 amide bonds. The lowest BCUT2D eigenvalue weighted by atomic mass is 10.0. The van der Waals surface area contributed by atoms with Crippen molar-refractivity contribution < 1.29 is 4.79 Å². The maximum Gasteiger partial charge on any atom is 0.253 e. The Balaban J connectivity index is 1.75. The molecule has 3 aromatic rings. The van der Waals surface area contributed by atoms with Crippen molar-refractivity contribution in [1.29, 1.82) is 0 Å². The van der Waals surface area contributed by atoms with Gasteiger partial charge in [-0.3, -0.25) is 9.59 Å². The molecule has 2 aromatic carbocycles. The number of aromatic nitrogens is 1. The molecule has 0 saturated carbocycles. The van der Waals surface area contributed by atoms with Crippen LogP contribution < -0.4 is 5.56 Å². The minimum absolute atomic E-state index is 0.0398. The van der Waals surface area contributed by atoms with Gasteiger partial charge in [0.2, 0.25) is 5.91 Å². The molecule has 0 aliphatic heterocycles. The second-order valence-electron chi connectivity index (χ2n) is 7.80. The highest BCUT2D eigenvalue weighted by atomic mass is 16.2. The van der Waals surface area contributed by atoms with Crippen LogP contribution in [0.15, 0.2) is 47.3 Å². The molecule has 0 bridgehead atoms. The Bertz CT molecular complexity index is 1110. The molecule has 4 nitrogen and oxygen atoms in total. The van der Waals surface area contributed by atoms with E-state index in [0.717, 1.165) is 34.9 Å². The van der Waals surface area contributed by atoms with E-state index in [1.807, 2.05) is 36.9 Å². The van der Waals surface area contributed by atoms with E-state index in [1.165, 1.54) is 11.1 Å². The average Bonchev–Trinajstić information content (AvgIpc) is 3.10. The zero-order valence-electron chi connectivity index (χ0n) is 16.7. The van der Waals surface area contributed by atoms with Crippen LogP contribution in [-0.2, 0) is 17.8 Å². The summed E-state index contributed by atoms with van der Waals surface area (Å²) in [6.45, 7) is 6.28. The second kappa shape index (κ2) is 7.27. The first-order valence-electron chi connectivity index (χ1n) is 9.98. The Kier molecular flexibility index (Phi) is 4.80. The summed E-state index contributed by atoms with van der Waals surface area (Å²) >= 11 is 0. The number of benzene rings is 2. The van der Waals surface area contributed by atoms with Crippen molar-refractivity contribution in [3.05, 3.63) is 80.6 Å². The van der Waals surface area contributed by atoms with Gasteiger partial charge >= 0.3 is 0 Å². The fraction of sp³-hybridized carbons (Fsp3) is 0.333. The Morgan fingerprint density at radius 3 is 2.75 bits per heavy atom. The van der Waals surface area contributed by atoms with E-state index in [0.29, 0.717) is 18.5 Å². The molecule has 1 unspecified atom stereocenters. The van der Waals surface area contributed by atoms with Crippen molar-refractivity contribution in [2.45, 2.75) is 52.6 Å². The molecule has 0 radical (unpaired) electrons. The lowest BCUT2D eigenvalue weighted by Gasteiger charge is -2.29. The minimum Gasteiger partial charge on any atom is -0.331 e. The Morgan fingerprint density at radius 2 is 1.96 bits per heavy atom. The first-order valence-corrected chi connectivity index (χ1v) is 9.98. The summed E-state index contributed by atoms with van der Waals surface area (Å²) in [7, 11) is 0. The number of aromatic amines is 1. The summed E-state index contributed by atoms with van der Waals surface area (Å²) < 4.78 is 0. The topological polar surface area (TPSA) is 53.2 Å². The van der Waals surface area contributed by atoms with Gasteiger partial charge in [0.1, 0.15) is 0 Å². The zero-order valence-corrected chi connectivity index (χ0v) is 16.7. The summed E-state index contributed by atoms with van der Waals surface area (Å²) in [6, 6.07) is 14.5. The molecule has 1 aliphatic carbocycles. The van der Waals surface area contributed by atoms with Crippen LogP contribution in [0.4, 0.5) is 0 Å². The third-order valence-electron chi connectivity index (χ3n) is 5.81. The number of fused-ring (bicyclic) bond motifs is 2. The van der Waals surface area contributed by atoms with E-state index in [2.05, 4.69) is 36.2 Å². The van der Waals surface area contributed by atoms with E-state index >= 15 is 0 Å². The molecule has 1 aliphatic rings. The highest BCUT2D eigenvalue weighted by Gasteiger charge is 2.30. The van der Waals surface area contributed by atoms with Crippen molar-refractivity contribution >= 4 is 16.8 Å². The summed E-state index contributed by atoms with van der Waals surface area (Å²) in [5, 5.41) is 1.02. The van der Waals surface area contributed by atoms with Crippen LogP contribution in [0.5, 0.6) is 0 Å². The van der Waals surface area contributed by atoms with Crippen LogP contribution in [-0.4, -0.2) is 15.8 Å². The van der Waals surface area contributed by atoms with E-state index in [9.17, 15) is 9.59 Å². The molecule has 4 rings (SSSR count). The fourth-order valence-electron chi connectivity index (χ4n) is 4.47. The molecule has 1 atom stereocenters. The van der Waals surface area contributed by atoms with Gasteiger partial charge in [0.15, 0.2) is 0 Å². The van der Waals surface area contributed by atoms with E-state index in [4.69, 9.17) is 0 Å². The van der Waals surface area contributed by atoms with Gasteiger partial charge in [-0.2, -0.15) is 0 Å². The summed E-state index contributed by atoms with van der Waals surface area (Å²) in [5.41, 5.74) is 6.15. The van der Waals surface area contributed by atoms with E-state index in [1.54, 1.807) is 0 Å². The number of carbonyl (C=O) groups is 1. The predicted octanol–water partition coefficient (Wildman–Crippen LogP) is 4.57. The first kappa shape index (κ1) is 18.5. The van der Waals surface area contributed by atoms with E-state index < -0.39 is 0 Å². The molecular formula is C24H26N2O2. The summed E-state index contributed by atoms with van der Waals surface area (Å²) in [4.78, 5) is 30.5.